The maximum absolute atomic E-state index is 15.9. The van der Waals surface area contributed by atoms with Gasteiger partial charge in [0.1, 0.15) is 23.6 Å². The van der Waals surface area contributed by atoms with E-state index in [0.717, 1.165) is 6.26 Å². The molecule has 11 nitrogen and oxygen atoms in total. The van der Waals surface area contributed by atoms with E-state index in [1.807, 2.05) is 0 Å². The summed E-state index contributed by atoms with van der Waals surface area (Å²) >= 11 is 0. The highest BCUT2D eigenvalue weighted by molar-refractivity contribution is 7.88. The number of benzene rings is 1. The Morgan fingerprint density at radius 3 is 2.62 bits per heavy atom. The first-order valence-corrected chi connectivity index (χ1v) is 13.3. The van der Waals surface area contributed by atoms with Gasteiger partial charge in [0.05, 0.1) is 34.1 Å². The molecule has 14 heteroatoms. The van der Waals surface area contributed by atoms with Crippen molar-refractivity contribution in [2.45, 2.75) is 6.54 Å². The number of H-pyrrole nitrogens is 2. The molecular formula is C25H21F2N9O2S. The SMILES string of the molecule is C=c1[nH]nc(-c2nc3c(-c4cc(F)cc(CNS(C)(=O)=O)c4)cncc3[nH]2)/c1=C(F)/C(=N\C)c1cncnc1. The summed E-state index contributed by atoms with van der Waals surface area (Å²) in [5, 5.41) is 7.16. The van der Waals surface area contributed by atoms with Crippen molar-refractivity contribution in [2.75, 3.05) is 13.3 Å². The molecule has 3 N–H and O–H groups in total. The van der Waals surface area contributed by atoms with E-state index >= 15 is 4.39 Å². The van der Waals surface area contributed by atoms with Crippen LogP contribution in [0.2, 0.25) is 0 Å². The first-order valence-electron chi connectivity index (χ1n) is 11.4. The van der Waals surface area contributed by atoms with E-state index in [-0.39, 0.29) is 34.3 Å². The molecule has 4 heterocycles. The molecular weight excluding hydrogens is 528 g/mol. The number of halogens is 2. The van der Waals surface area contributed by atoms with Crippen LogP contribution in [0.1, 0.15) is 11.1 Å². The molecule has 5 rings (SSSR count). The van der Waals surface area contributed by atoms with E-state index in [1.165, 1.54) is 50.3 Å². The summed E-state index contributed by atoms with van der Waals surface area (Å²) in [6, 6.07) is 4.17. The van der Waals surface area contributed by atoms with E-state index in [4.69, 9.17) is 0 Å². The summed E-state index contributed by atoms with van der Waals surface area (Å²) in [5.41, 5.74) is 2.76. The summed E-state index contributed by atoms with van der Waals surface area (Å²) in [5.74, 6) is -1.05. The van der Waals surface area contributed by atoms with Crippen molar-refractivity contribution in [1.29, 1.82) is 0 Å². The fraction of sp³-hybridized carbons (Fsp3) is 0.120. The standard InChI is InChI=1S/C25H21F2N9O2S/c1-13-20(21(27)22(28-2)16-8-30-12-31-9-16)24(36-35-13)25-33-19-11-29-10-18(23(19)34-25)15-4-14(5-17(26)6-15)7-32-39(3,37)38/h4-6,8-12,32,35H,1,7H2,2-3H3,(H,33,34)/b21-20-,28-22-. The molecule has 1 aromatic carbocycles. The van der Waals surface area contributed by atoms with Gasteiger partial charge in [-0.3, -0.25) is 15.1 Å². The van der Waals surface area contributed by atoms with Crippen LogP contribution in [0.4, 0.5) is 8.78 Å². The zero-order valence-corrected chi connectivity index (χ0v) is 21.5. The fourth-order valence-electron chi connectivity index (χ4n) is 4.06. The highest BCUT2D eigenvalue weighted by Gasteiger charge is 2.19. The molecule has 0 fully saturated rings. The molecule has 0 bridgehead atoms. The van der Waals surface area contributed by atoms with E-state index < -0.39 is 21.7 Å². The highest BCUT2D eigenvalue weighted by atomic mass is 32.2. The van der Waals surface area contributed by atoms with Gasteiger partial charge in [-0.15, -0.1) is 0 Å². The predicted molar refractivity (Wildman–Crippen MR) is 142 cm³/mol. The first kappa shape index (κ1) is 25.9. The lowest BCUT2D eigenvalue weighted by Gasteiger charge is -2.07. The number of rotatable bonds is 7. The number of aromatic nitrogens is 7. The number of imidazole rings is 1. The van der Waals surface area contributed by atoms with Crippen molar-refractivity contribution in [2.24, 2.45) is 4.99 Å². The van der Waals surface area contributed by atoms with E-state index in [2.05, 4.69) is 51.4 Å². The minimum atomic E-state index is -3.47. The quantitative estimate of drug-likeness (QED) is 0.261. The number of nitrogens with zero attached hydrogens (tertiary/aromatic N) is 6. The Balaban J connectivity index is 1.64. The van der Waals surface area contributed by atoms with Gasteiger partial charge < -0.3 is 4.98 Å². The first-order chi connectivity index (χ1) is 18.6. The Bertz CT molecular complexity index is 1950. The second-order valence-corrected chi connectivity index (χ2v) is 10.4. The van der Waals surface area contributed by atoms with Crippen molar-refractivity contribution in [3.8, 4) is 22.6 Å². The zero-order valence-electron chi connectivity index (χ0n) is 20.7. The third kappa shape index (κ3) is 5.32. The number of hydrogen-bond acceptors (Lipinski definition) is 8. The van der Waals surface area contributed by atoms with Crippen LogP contribution in [0.15, 0.2) is 54.3 Å². The summed E-state index contributed by atoms with van der Waals surface area (Å²) in [6.45, 7) is 3.77. The topological polar surface area (TPSA) is 155 Å². The normalized spacial score (nSPS) is 13.2. The highest BCUT2D eigenvalue weighted by Crippen LogP contribution is 2.29. The summed E-state index contributed by atoms with van der Waals surface area (Å²) in [7, 11) is -2.03. The largest absolute Gasteiger partial charge is 0.335 e. The van der Waals surface area contributed by atoms with Gasteiger partial charge in [-0.05, 0) is 29.3 Å². The van der Waals surface area contributed by atoms with E-state index in [1.54, 1.807) is 6.07 Å². The Morgan fingerprint density at radius 2 is 1.90 bits per heavy atom. The van der Waals surface area contributed by atoms with Crippen LogP contribution in [0.5, 0.6) is 0 Å². The smallest absolute Gasteiger partial charge is 0.209 e. The minimum Gasteiger partial charge on any atom is -0.335 e. The second kappa shape index (κ2) is 10.2. The molecule has 0 radical (unpaired) electrons. The number of aliphatic imine (C=N–C) groups is 1. The average molecular weight is 550 g/mol. The van der Waals surface area contributed by atoms with Gasteiger partial charge in [0.2, 0.25) is 10.0 Å². The number of sulfonamides is 1. The third-order valence-electron chi connectivity index (χ3n) is 5.75. The van der Waals surface area contributed by atoms with Crippen molar-refractivity contribution in [1.82, 2.24) is 39.8 Å². The number of pyridine rings is 1. The van der Waals surface area contributed by atoms with Crippen LogP contribution in [0, 0.1) is 5.82 Å². The maximum Gasteiger partial charge on any atom is 0.209 e. The Hall–Kier alpha value is -4.69. The molecule has 0 aliphatic heterocycles. The lowest BCUT2D eigenvalue weighted by Crippen LogP contribution is -2.27. The molecule has 0 unspecified atom stereocenters. The Kier molecular flexibility index (Phi) is 6.80. The van der Waals surface area contributed by atoms with Crippen LogP contribution in [0.3, 0.4) is 0 Å². The third-order valence-corrected chi connectivity index (χ3v) is 6.42. The maximum atomic E-state index is 15.9. The molecule has 0 aliphatic carbocycles. The molecule has 4 aromatic heterocycles. The van der Waals surface area contributed by atoms with Crippen molar-refractivity contribution in [3.05, 3.63) is 76.8 Å². The van der Waals surface area contributed by atoms with Gasteiger partial charge in [0, 0.05) is 43.3 Å². The van der Waals surface area contributed by atoms with Crippen LogP contribution >= 0.6 is 0 Å². The molecule has 39 heavy (non-hydrogen) atoms. The van der Waals surface area contributed by atoms with Gasteiger partial charge in [0.25, 0.3) is 0 Å². The van der Waals surface area contributed by atoms with Gasteiger partial charge in [-0.25, -0.2) is 36.9 Å². The van der Waals surface area contributed by atoms with Crippen molar-refractivity contribution >= 4 is 39.2 Å². The molecule has 0 aliphatic rings. The monoisotopic (exact) mass is 549 g/mol. The molecule has 0 saturated carbocycles. The lowest BCUT2D eigenvalue weighted by atomic mass is 10.0. The van der Waals surface area contributed by atoms with Crippen molar-refractivity contribution < 1.29 is 17.2 Å². The van der Waals surface area contributed by atoms with Crippen LogP contribution < -0.4 is 15.3 Å². The molecule has 0 spiro atoms. The summed E-state index contributed by atoms with van der Waals surface area (Å²) in [4.78, 5) is 23.9. The Morgan fingerprint density at radius 1 is 1.13 bits per heavy atom. The number of fused-ring (bicyclic) bond motifs is 1. The lowest BCUT2D eigenvalue weighted by molar-refractivity contribution is 0.586. The number of hydrogen-bond donors (Lipinski definition) is 3. The van der Waals surface area contributed by atoms with E-state index in [9.17, 15) is 12.8 Å². The summed E-state index contributed by atoms with van der Waals surface area (Å²) < 4.78 is 55.7. The van der Waals surface area contributed by atoms with Gasteiger partial charge in [0.15, 0.2) is 11.7 Å². The predicted octanol–water partition coefficient (Wildman–Crippen LogP) is 1.60. The molecule has 0 atom stereocenters. The van der Waals surface area contributed by atoms with Crippen molar-refractivity contribution in [3.63, 3.8) is 0 Å². The Labute approximate surface area is 220 Å². The van der Waals surface area contributed by atoms with E-state index in [0.29, 0.717) is 33.3 Å². The van der Waals surface area contributed by atoms with Crippen LogP contribution in [-0.4, -0.2) is 62.6 Å². The average Bonchev–Trinajstić information content (AvgIpc) is 3.51. The number of aromatic amines is 2. The molecule has 0 saturated heterocycles. The summed E-state index contributed by atoms with van der Waals surface area (Å²) in [6.07, 6.45) is 8.27. The van der Waals surface area contributed by atoms with Crippen LogP contribution in [-0.2, 0) is 16.6 Å². The molecule has 0 amide bonds. The van der Waals surface area contributed by atoms with Gasteiger partial charge in [-0.2, -0.15) is 5.10 Å². The van der Waals surface area contributed by atoms with Gasteiger partial charge in [-0.1, -0.05) is 6.58 Å². The number of nitrogens with one attached hydrogen (secondary N) is 3. The fourth-order valence-corrected chi connectivity index (χ4v) is 4.49. The zero-order chi connectivity index (χ0) is 27.7. The second-order valence-electron chi connectivity index (χ2n) is 8.55. The molecule has 198 valence electrons. The molecule has 5 aromatic rings. The minimum absolute atomic E-state index is 0.0107. The van der Waals surface area contributed by atoms with Gasteiger partial charge >= 0.3 is 0 Å². The van der Waals surface area contributed by atoms with Crippen LogP contribution in [0.25, 0.3) is 46.1 Å².